The minimum atomic E-state index is -3.50. The van der Waals surface area contributed by atoms with Gasteiger partial charge in [0.05, 0.1) is 12.3 Å². The van der Waals surface area contributed by atoms with E-state index in [1.807, 2.05) is 27.7 Å². The van der Waals surface area contributed by atoms with Gasteiger partial charge < -0.3 is 26.6 Å². The van der Waals surface area contributed by atoms with Crippen LogP contribution in [0.1, 0.15) is 92.9 Å². The van der Waals surface area contributed by atoms with Crippen LogP contribution in [0.4, 0.5) is 4.79 Å². The van der Waals surface area contributed by atoms with Crippen LogP contribution >= 0.6 is 0 Å². The molecule has 3 aliphatic carbocycles. The number of primary amides is 1. The molecule has 0 aromatic heterocycles. The van der Waals surface area contributed by atoms with Crippen molar-refractivity contribution in [1.29, 1.82) is 0 Å². The number of nitrogens with one attached hydrogen (secondary N) is 3. The maximum absolute atomic E-state index is 14.7. The van der Waals surface area contributed by atoms with Crippen LogP contribution in [0.5, 0.6) is 0 Å². The number of urea groups is 1. The fourth-order valence-corrected chi connectivity index (χ4v) is 8.19. The van der Waals surface area contributed by atoms with Crippen molar-refractivity contribution < 1.29 is 32.4 Å². The van der Waals surface area contributed by atoms with Crippen molar-refractivity contribution in [2.24, 2.45) is 39.7 Å². The Kier molecular flexibility index (Phi) is 10.5. The van der Waals surface area contributed by atoms with E-state index >= 15 is 0 Å². The van der Waals surface area contributed by atoms with Crippen molar-refractivity contribution in [2.45, 2.75) is 117 Å². The third-order valence-corrected chi connectivity index (χ3v) is 12.8. The van der Waals surface area contributed by atoms with Crippen LogP contribution in [0.3, 0.4) is 0 Å². The lowest BCUT2D eigenvalue weighted by Gasteiger charge is -2.43. The molecule has 266 valence electrons. The lowest BCUT2D eigenvalue weighted by molar-refractivity contribution is -0.145. The normalized spacial score (nSPS) is 26.8. The summed E-state index contributed by atoms with van der Waals surface area (Å²) in [6.45, 7) is 12.2. The maximum Gasteiger partial charge on any atom is 0.315 e. The van der Waals surface area contributed by atoms with Crippen LogP contribution in [0.2, 0.25) is 0 Å². The number of nitrogens with zero attached hydrogens (tertiary/aromatic N) is 2. The molecule has 47 heavy (non-hydrogen) atoms. The Bertz CT molecular complexity index is 1370. The van der Waals surface area contributed by atoms with Gasteiger partial charge in [0.25, 0.3) is 5.91 Å². The molecule has 2 unspecified atom stereocenters. The minimum absolute atomic E-state index is 0.0461. The van der Waals surface area contributed by atoms with Gasteiger partial charge in [-0.3, -0.25) is 19.2 Å². The smallest absolute Gasteiger partial charge is 0.315 e. The Morgan fingerprint density at radius 2 is 1.57 bits per heavy atom. The van der Waals surface area contributed by atoms with Gasteiger partial charge in [-0.25, -0.2) is 17.5 Å². The molecule has 0 aromatic carbocycles. The summed E-state index contributed by atoms with van der Waals surface area (Å²) >= 11 is 0. The van der Waals surface area contributed by atoms with Crippen molar-refractivity contribution in [3.05, 3.63) is 0 Å². The Hall–Kier alpha value is -2.74. The van der Waals surface area contributed by atoms with Gasteiger partial charge in [0.15, 0.2) is 0 Å². The third kappa shape index (κ3) is 8.29. The quantitative estimate of drug-likeness (QED) is 0.213. The van der Waals surface area contributed by atoms with E-state index in [0.717, 1.165) is 38.4 Å². The van der Waals surface area contributed by atoms with Gasteiger partial charge in [-0.1, -0.05) is 73.6 Å². The number of rotatable bonds is 13. The molecule has 1 saturated heterocycles. The lowest BCUT2D eigenvalue weighted by atomic mass is 9.70. The minimum Gasteiger partial charge on any atom is -0.363 e. The van der Waals surface area contributed by atoms with Crippen molar-refractivity contribution in [1.82, 2.24) is 25.2 Å². The highest BCUT2D eigenvalue weighted by atomic mass is 32.2. The molecule has 0 radical (unpaired) electrons. The predicted molar refractivity (Wildman–Crippen MR) is 177 cm³/mol. The Morgan fingerprint density at radius 1 is 0.979 bits per heavy atom. The van der Waals surface area contributed by atoms with E-state index in [1.165, 1.54) is 11.4 Å². The first-order valence-electron chi connectivity index (χ1n) is 17.0. The Labute approximate surface area is 279 Å². The molecule has 0 spiro atoms. The standard InChI is InChI=1S/C33H56N6O7S/c1-31(2,3)22(18-38(7)47(8,45)46)36-30(44)37-26(33(6)14-10-9-11-15-33)29(43)39-17-20-23(32(20,4)5)24(39)28(42)35-21(16-19-12-13-19)25(40)27(34)41/h19-24,26H,9-18H2,1-8H3,(H2,34,41)(H,35,42)(H2,36,37,44)/t20-,21?,22+,23-,24?,26+/m0/s1. The van der Waals surface area contributed by atoms with E-state index in [1.54, 1.807) is 4.90 Å². The number of piperidine rings is 1. The Morgan fingerprint density at radius 3 is 2.09 bits per heavy atom. The number of carbonyl (C=O) groups excluding carboxylic acids is 5. The summed E-state index contributed by atoms with van der Waals surface area (Å²) in [7, 11) is -2.04. The first-order chi connectivity index (χ1) is 21.6. The predicted octanol–water partition coefficient (Wildman–Crippen LogP) is 1.75. The van der Waals surface area contributed by atoms with Gasteiger partial charge >= 0.3 is 6.03 Å². The van der Waals surface area contributed by atoms with E-state index in [2.05, 4.69) is 29.8 Å². The van der Waals surface area contributed by atoms with E-state index in [0.29, 0.717) is 25.8 Å². The van der Waals surface area contributed by atoms with Gasteiger partial charge in [0, 0.05) is 26.2 Å². The summed E-state index contributed by atoms with van der Waals surface area (Å²) in [5, 5.41) is 8.72. The molecule has 1 heterocycles. The van der Waals surface area contributed by atoms with Crippen molar-refractivity contribution in [3.63, 3.8) is 0 Å². The molecule has 3 saturated carbocycles. The van der Waals surface area contributed by atoms with Crippen molar-refractivity contribution in [3.8, 4) is 0 Å². The molecule has 0 bridgehead atoms. The van der Waals surface area contributed by atoms with Crippen LogP contribution in [-0.2, 0) is 29.2 Å². The fraction of sp³-hybridized carbons (Fsp3) is 0.848. The average molecular weight is 681 g/mol. The van der Waals surface area contributed by atoms with E-state index in [4.69, 9.17) is 5.73 Å². The van der Waals surface area contributed by atoms with Gasteiger partial charge in [0.1, 0.15) is 12.1 Å². The third-order valence-electron chi connectivity index (χ3n) is 11.5. The number of sulfonamides is 1. The number of nitrogens with two attached hydrogens (primary N) is 1. The molecule has 13 nitrogen and oxygen atoms in total. The number of likely N-dealkylation sites (tertiary alicyclic amines) is 1. The molecule has 0 aromatic rings. The number of Topliss-reactive ketones (excluding diaryl/α,β-unsaturated/α-hetero) is 1. The van der Waals surface area contributed by atoms with E-state index < -0.39 is 68.6 Å². The summed E-state index contributed by atoms with van der Waals surface area (Å²) in [4.78, 5) is 68.5. The van der Waals surface area contributed by atoms with Gasteiger partial charge in [0.2, 0.25) is 27.6 Å². The van der Waals surface area contributed by atoms with Gasteiger partial charge in [-0.2, -0.15) is 0 Å². The molecule has 5 N–H and O–H groups in total. The molecule has 5 amide bonds. The molecule has 4 aliphatic rings. The van der Waals surface area contributed by atoms with Crippen LogP contribution in [0, 0.1) is 34.0 Å². The van der Waals surface area contributed by atoms with Crippen molar-refractivity contribution in [2.75, 3.05) is 26.4 Å². The average Bonchev–Trinajstić information content (AvgIpc) is 3.81. The second-order valence-corrected chi connectivity index (χ2v) is 18.7. The van der Waals surface area contributed by atoms with Crippen LogP contribution in [0.25, 0.3) is 0 Å². The highest BCUT2D eigenvalue weighted by Gasteiger charge is 2.70. The molecule has 4 rings (SSSR count). The van der Waals surface area contributed by atoms with E-state index in [9.17, 15) is 32.4 Å². The number of carbonyl (C=O) groups is 5. The molecule has 14 heteroatoms. The Balaban J connectivity index is 1.59. The summed E-state index contributed by atoms with van der Waals surface area (Å²) in [6, 6.07) is -4.00. The molecular weight excluding hydrogens is 624 g/mol. The van der Waals surface area contributed by atoms with Gasteiger partial charge in [-0.05, 0) is 53.3 Å². The van der Waals surface area contributed by atoms with Crippen LogP contribution in [0.15, 0.2) is 0 Å². The molecule has 6 atom stereocenters. The zero-order valence-corrected chi connectivity index (χ0v) is 30.2. The number of hydrogen-bond donors (Lipinski definition) is 4. The number of amides is 5. The summed E-state index contributed by atoms with van der Waals surface area (Å²) in [5.74, 6) is -2.60. The van der Waals surface area contributed by atoms with Crippen LogP contribution in [-0.4, -0.2) is 97.7 Å². The molecule has 1 aliphatic heterocycles. The zero-order valence-electron chi connectivity index (χ0n) is 29.4. The highest BCUT2D eigenvalue weighted by Crippen LogP contribution is 2.65. The monoisotopic (exact) mass is 680 g/mol. The number of hydrogen-bond acceptors (Lipinski definition) is 7. The highest BCUT2D eigenvalue weighted by molar-refractivity contribution is 7.88. The summed E-state index contributed by atoms with van der Waals surface area (Å²) in [6.07, 6.45) is 7.51. The number of fused-ring (bicyclic) bond motifs is 1. The van der Waals surface area contributed by atoms with E-state index in [-0.39, 0.29) is 35.6 Å². The maximum atomic E-state index is 14.7. The SMILES string of the molecule is CN(C[C@@H](NC(=O)N[C@H](C(=O)N1C[C@H]2[C@@H](C1C(=O)NC(CC1CC1)C(=O)C(N)=O)C2(C)C)C1(C)CCCCC1)C(C)(C)C)S(C)(=O)=O. The second-order valence-electron chi connectivity index (χ2n) is 16.6. The summed E-state index contributed by atoms with van der Waals surface area (Å²) in [5.41, 5.74) is 4.05. The largest absolute Gasteiger partial charge is 0.363 e. The fourth-order valence-electron chi connectivity index (χ4n) is 7.77. The first-order valence-corrected chi connectivity index (χ1v) is 18.9. The summed E-state index contributed by atoms with van der Waals surface area (Å²) < 4.78 is 25.5. The molecule has 4 fully saturated rings. The lowest BCUT2D eigenvalue weighted by Crippen LogP contribution is -2.63. The van der Waals surface area contributed by atoms with Gasteiger partial charge in [-0.15, -0.1) is 0 Å². The van der Waals surface area contributed by atoms with Crippen LogP contribution < -0.4 is 21.7 Å². The second kappa shape index (κ2) is 13.3. The number of ketones is 1. The zero-order chi connectivity index (χ0) is 35.3. The van der Waals surface area contributed by atoms with Crippen molar-refractivity contribution >= 4 is 39.6 Å². The molecular formula is C33H56N6O7S. The number of likely N-dealkylation sites (N-methyl/N-ethyl adjacent to an activating group) is 1. The topological polar surface area (TPSA) is 188 Å². The first kappa shape index (κ1) is 37.1.